The summed E-state index contributed by atoms with van der Waals surface area (Å²) in [6.07, 6.45) is 5.46. The molecule has 3 nitrogen and oxygen atoms in total. The molecule has 0 aliphatic heterocycles. The Kier molecular flexibility index (Phi) is 5.70. The van der Waals surface area contributed by atoms with Gasteiger partial charge in [0, 0.05) is 40.0 Å². The zero-order chi connectivity index (χ0) is 30.9. The van der Waals surface area contributed by atoms with Crippen LogP contribution in [0.25, 0.3) is 71.6 Å². The molecule has 9 aromatic rings. The lowest BCUT2D eigenvalue weighted by Crippen LogP contribution is -2.08. The van der Waals surface area contributed by atoms with Gasteiger partial charge >= 0.3 is 0 Å². The van der Waals surface area contributed by atoms with Crippen LogP contribution in [0, 0.1) is 0 Å². The summed E-state index contributed by atoms with van der Waals surface area (Å²) in [6, 6.07) is 51.0. The molecule has 3 heteroatoms. The summed E-state index contributed by atoms with van der Waals surface area (Å²) in [5.74, 6) is 0. The van der Waals surface area contributed by atoms with E-state index >= 15 is 0 Å². The van der Waals surface area contributed by atoms with Crippen molar-refractivity contribution in [3.05, 3.63) is 174 Å². The molecule has 7 aromatic carbocycles. The van der Waals surface area contributed by atoms with E-state index < -0.39 is 0 Å². The van der Waals surface area contributed by atoms with Gasteiger partial charge in [0.25, 0.3) is 0 Å². The maximum atomic E-state index is 4.81. The Morgan fingerprint density at radius 3 is 1.74 bits per heavy atom. The third-order valence-electron chi connectivity index (χ3n) is 9.97. The molecule has 0 amide bonds. The first kappa shape index (κ1) is 26.2. The molecule has 0 saturated carbocycles. The predicted molar refractivity (Wildman–Crippen MR) is 194 cm³/mol. The molecule has 0 spiro atoms. The van der Waals surface area contributed by atoms with Crippen molar-refractivity contribution in [3.8, 4) is 27.9 Å². The van der Waals surface area contributed by atoms with E-state index in [0.29, 0.717) is 0 Å². The van der Waals surface area contributed by atoms with Crippen LogP contribution in [0.1, 0.15) is 22.3 Å². The number of nitrogens with zero attached hydrogens (tertiary/aromatic N) is 3. The van der Waals surface area contributed by atoms with Crippen LogP contribution >= 0.6 is 0 Å². The van der Waals surface area contributed by atoms with Crippen molar-refractivity contribution in [3.63, 3.8) is 0 Å². The zero-order valence-corrected chi connectivity index (χ0v) is 25.7. The maximum absolute atomic E-state index is 4.81. The van der Waals surface area contributed by atoms with Gasteiger partial charge in [-0.3, -0.25) is 9.97 Å². The molecule has 0 saturated heterocycles. The summed E-state index contributed by atoms with van der Waals surface area (Å²) in [5.41, 5.74) is 15.8. The predicted octanol–water partition coefficient (Wildman–Crippen LogP) is 10.7. The molecule has 2 heterocycles. The molecule has 0 N–H and O–H groups in total. The average molecular weight is 600 g/mol. The lowest BCUT2D eigenvalue weighted by molar-refractivity contribution is 0.997. The van der Waals surface area contributed by atoms with Crippen molar-refractivity contribution < 1.29 is 0 Å². The van der Waals surface area contributed by atoms with E-state index in [0.717, 1.165) is 46.1 Å². The molecule has 1 aliphatic carbocycles. The summed E-state index contributed by atoms with van der Waals surface area (Å²) in [5, 5.41) is 5.12. The minimum atomic E-state index is 0.929. The Morgan fingerprint density at radius 2 is 1.02 bits per heavy atom. The van der Waals surface area contributed by atoms with Crippen LogP contribution in [-0.4, -0.2) is 14.5 Å². The normalized spacial score (nSPS) is 12.5. The summed E-state index contributed by atoms with van der Waals surface area (Å²) in [6.45, 7) is 0. The summed E-state index contributed by atoms with van der Waals surface area (Å²) in [7, 11) is 0. The monoisotopic (exact) mass is 599 g/mol. The lowest BCUT2D eigenvalue weighted by atomic mass is 9.84. The SMILES string of the molecule is c1ccc(-c2ccc(-c3ccc4cc5c(cc4c3)Cc3ccc(-n4c6ccccc6c6ccccc64)cc3C5)c3nccnc23)cc1. The smallest absolute Gasteiger partial charge is 0.0971 e. The van der Waals surface area contributed by atoms with Crippen LogP contribution in [0.3, 0.4) is 0 Å². The second kappa shape index (κ2) is 10.2. The van der Waals surface area contributed by atoms with Crippen LogP contribution in [0.15, 0.2) is 152 Å². The molecule has 47 heavy (non-hydrogen) atoms. The standard InChI is InChI=1S/C44H29N3/c1-2-8-28(9-3-1)37-18-19-38(44-43(37)45-20-21-46-44)31-15-14-29-22-34-26-35-27-36(17-16-30(35)23-33(34)25-32(29)24-31)47-41-12-6-4-10-39(41)40-11-5-7-13-42(40)47/h1-22,24-25,27H,23,26H2. The Morgan fingerprint density at radius 1 is 0.426 bits per heavy atom. The lowest BCUT2D eigenvalue weighted by Gasteiger charge is -2.22. The third-order valence-corrected chi connectivity index (χ3v) is 9.97. The van der Waals surface area contributed by atoms with Gasteiger partial charge in [-0.2, -0.15) is 0 Å². The topological polar surface area (TPSA) is 30.7 Å². The van der Waals surface area contributed by atoms with Gasteiger partial charge in [-0.15, -0.1) is 0 Å². The maximum Gasteiger partial charge on any atom is 0.0971 e. The van der Waals surface area contributed by atoms with Gasteiger partial charge < -0.3 is 4.57 Å². The number of benzene rings is 7. The largest absolute Gasteiger partial charge is 0.309 e. The first-order valence-corrected chi connectivity index (χ1v) is 16.2. The van der Waals surface area contributed by atoms with Crippen LogP contribution in [0.5, 0.6) is 0 Å². The van der Waals surface area contributed by atoms with E-state index in [9.17, 15) is 0 Å². The Labute approximate surface area is 272 Å². The van der Waals surface area contributed by atoms with Gasteiger partial charge in [-0.05, 0) is 87.3 Å². The van der Waals surface area contributed by atoms with E-state index in [1.807, 2.05) is 6.07 Å². The number of fused-ring (bicyclic) bond motifs is 7. The molecule has 0 fully saturated rings. The minimum absolute atomic E-state index is 0.929. The molecule has 0 bridgehead atoms. The van der Waals surface area contributed by atoms with Crippen molar-refractivity contribution in [2.75, 3.05) is 0 Å². The zero-order valence-electron chi connectivity index (χ0n) is 25.7. The number of rotatable bonds is 3. The molecule has 220 valence electrons. The average Bonchev–Trinajstić information content (AvgIpc) is 3.47. The first-order chi connectivity index (χ1) is 23.3. The number of hydrogen-bond acceptors (Lipinski definition) is 2. The molecule has 0 atom stereocenters. The van der Waals surface area contributed by atoms with Gasteiger partial charge in [0.1, 0.15) is 0 Å². The molecular formula is C44H29N3. The van der Waals surface area contributed by atoms with Crippen LogP contribution in [-0.2, 0) is 12.8 Å². The number of para-hydroxylation sites is 2. The minimum Gasteiger partial charge on any atom is -0.309 e. The van der Waals surface area contributed by atoms with Crippen molar-refractivity contribution in [1.29, 1.82) is 0 Å². The number of hydrogen-bond donors (Lipinski definition) is 0. The molecule has 10 rings (SSSR count). The highest BCUT2D eigenvalue weighted by molar-refractivity contribution is 6.09. The van der Waals surface area contributed by atoms with Crippen molar-refractivity contribution in [2.24, 2.45) is 0 Å². The van der Waals surface area contributed by atoms with E-state index in [2.05, 4.69) is 138 Å². The van der Waals surface area contributed by atoms with Crippen LogP contribution < -0.4 is 0 Å². The van der Waals surface area contributed by atoms with Crippen molar-refractivity contribution in [1.82, 2.24) is 14.5 Å². The fraction of sp³-hybridized carbons (Fsp3) is 0.0455. The molecule has 1 aliphatic rings. The summed E-state index contributed by atoms with van der Waals surface area (Å²) >= 11 is 0. The quantitative estimate of drug-likeness (QED) is 0.202. The van der Waals surface area contributed by atoms with E-state index in [1.165, 1.54) is 60.5 Å². The second-order valence-corrected chi connectivity index (χ2v) is 12.6. The highest BCUT2D eigenvalue weighted by Crippen LogP contribution is 2.38. The fourth-order valence-electron chi connectivity index (χ4n) is 7.73. The van der Waals surface area contributed by atoms with Gasteiger partial charge in [0.05, 0.1) is 22.1 Å². The van der Waals surface area contributed by atoms with Crippen molar-refractivity contribution in [2.45, 2.75) is 12.8 Å². The second-order valence-electron chi connectivity index (χ2n) is 12.6. The molecular weight excluding hydrogens is 571 g/mol. The van der Waals surface area contributed by atoms with Crippen LogP contribution in [0.4, 0.5) is 0 Å². The molecule has 0 unspecified atom stereocenters. The Bertz CT molecular complexity index is 2630. The fourth-order valence-corrected chi connectivity index (χ4v) is 7.73. The summed E-state index contributed by atoms with van der Waals surface area (Å²) < 4.78 is 2.42. The van der Waals surface area contributed by atoms with E-state index in [-0.39, 0.29) is 0 Å². The highest BCUT2D eigenvalue weighted by atomic mass is 15.0. The van der Waals surface area contributed by atoms with Gasteiger partial charge in [0.15, 0.2) is 0 Å². The van der Waals surface area contributed by atoms with Crippen molar-refractivity contribution >= 4 is 43.6 Å². The highest BCUT2D eigenvalue weighted by Gasteiger charge is 2.19. The van der Waals surface area contributed by atoms with E-state index in [1.54, 1.807) is 12.4 Å². The Hall–Kier alpha value is -6.06. The van der Waals surface area contributed by atoms with Gasteiger partial charge in [0.2, 0.25) is 0 Å². The summed E-state index contributed by atoms with van der Waals surface area (Å²) in [4.78, 5) is 9.59. The van der Waals surface area contributed by atoms with Gasteiger partial charge in [-0.25, -0.2) is 0 Å². The molecule has 2 aromatic heterocycles. The van der Waals surface area contributed by atoms with E-state index in [4.69, 9.17) is 9.97 Å². The van der Waals surface area contributed by atoms with Gasteiger partial charge in [-0.1, -0.05) is 109 Å². The third kappa shape index (κ3) is 4.13. The first-order valence-electron chi connectivity index (χ1n) is 16.2. The Balaban J connectivity index is 1.04. The number of aromatic nitrogens is 3. The van der Waals surface area contributed by atoms with Crippen LogP contribution in [0.2, 0.25) is 0 Å². The molecule has 0 radical (unpaired) electrons.